The number of halogens is 1. The molecule has 110 valence electrons. The lowest BCUT2D eigenvalue weighted by atomic mass is 10.1. The molecule has 6 heteroatoms. The molecule has 1 fully saturated rings. The topological polar surface area (TPSA) is 61.6 Å². The maximum absolute atomic E-state index is 11.0. The van der Waals surface area contributed by atoms with Crippen LogP contribution >= 0.6 is 11.6 Å². The minimum Gasteiger partial charge on any atom is -0.484 e. The summed E-state index contributed by atoms with van der Waals surface area (Å²) in [5, 5.41) is 11.0. The van der Waals surface area contributed by atoms with Gasteiger partial charge in [0, 0.05) is 11.9 Å². The standard InChI is InChI=1S/C14H18ClNO4/c1-14(2)6-5-11(20-14)9-19-13-7-10(8-15)3-4-12(13)16(17)18/h3-4,7,11H,5-6,8-9H2,1-2H3. The molecule has 1 saturated heterocycles. The quantitative estimate of drug-likeness (QED) is 0.473. The molecule has 1 heterocycles. The molecule has 0 amide bonds. The van der Waals surface area contributed by atoms with E-state index in [2.05, 4.69) is 0 Å². The van der Waals surface area contributed by atoms with E-state index in [-0.39, 0.29) is 23.1 Å². The lowest BCUT2D eigenvalue weighted by Gasteiger charge is -2.19. The summed E-state index contributed by atoms with van der Waals surface area (Å²) in [4.78, 5) is 10.5. The average Bonchev–Trinajstić information content (AvgIpc) is 2.75. The van der Waals surface area contributed by atoms with Gasteiger partial charge in [0.2, 0.25) is 0 Å². The number of alkyl halides is 1. The first-order chi connectivity index (χ1) is 9.41. The van der Waals surface area contributed by atoms with E-state index in [0.717, 1.165) is 18.4 Å². The average molecular weight is 300 g/mol. The fourth-order valence-corrected chi connectivity index (χ4v) is 2.45. The van der Waals surface area contributed by atoms with Crippen LogP contribution in [0.2, 0.25) is 0 Å². The van der Waals surface area contributed by atoms with Gasteiger partial charge in [0.25, 0.3) is 0 Å². The van der Waals surface area contributed by atoms with Gasteiger partial charge in [0.1, 0.15) is 6.61 Å². The molecule has 0 aliphatic carbocycles. The van der Waals surface area contributed by atoms with E-state index in [1.54, 1.807) is 12.1 Å². The van der Waals surface area contributed by atoms with E-state index < -0.39 is 4.92 Å². The van der Waals surface area contributed by atoms with Gasteiger partial charge in [0.15, 0.2) is 5.75 Å². The van der Waals surface area contributed by atoms with Crippen LogP contribution in [-0.2, 0) is 10.6 Å². The molecule has 2 rings (SSSR count). The van der Waals surface area contributed by atoms with Crippen LogP contribution in [-0.4, -0.2) is 23.2 Å². The van der Waals surface area contributed by atoms with Crippen molar-refractivity contribution in [3.63, 3.8) is 0 Å². The van der Waals surface area contributed by atoms with Gasteiger partial charge >= 0.3 is 5.69 Å². The summed E-state index contributed by atoms with van der Waals surface area (Å²) in [6, 6.07) is 4.67. The minimum atomic E-state index is -0.452. The van der Waals surface area contributed by atoms with Crippen molar-refractivity contribution in [2.75, 3.05) is 6.61 Å². The Kier molecular flexibility index (Phi) is 4.50. The largest absolute Gasteiger partial charge is 0.484 e. The summed E-state index contributed by atoms with van der Waals surface area (Å²) in [7, 11) is 0. The molecule has 0 saturated carbocycles. The van der Waals surface area contributed by atoms with Crippen molar-refractivity contribution in [3.8, 4) is 5.75 Å². The van der Waals surface area contributed by atoms with Crippen LogP contribution < -0.4 is 4.74 Å². The molecule has 0 N–H and O–H groups in total. The number of hydrogen-bond acceptors (Lipinski definition) is 4. The third-order valence-corrected chi connectivity index (χ3v) is 3.66. The third-order valence-electron chi connectivity index (χ3n) is 3.35. The Balaban J connectivity index is 2.06. The molecule has 0 radical (unpaired) electrons. The molecule has 1 aliphatic heterocycles. The van der Waals surface area contributed by atoms with Gasteiger partial charge in [-0.15, -0.1) is 11.6 Å². The minimum absolute atomic E-state index is 0.0238. The number of benzene rings is 1. The van der Waals surface area contributed by atoms with Gasteiger partial charge < -0.3 is 9.47 Å². The summed E-state index contributed by atoms with van der Waals surface area (Å²) in [6.07, 6.45) is 1.84. The molecule has 5 nitrogen and oxygen atoms in total. The highest BCUT2D eigenvalue weighted by Crippen LogP contribution is 2.32. The lowest BCUT2D eigenvalue weighted by molar-refractivity contribution is -0.385. The van der Waals surface area contributed by atoms with Crippen LogP contribution in [0.3, 0.4) is 0 Å². The summed E-state index contributed by atoms with van der Waals surface area (Å²) >= 11 is 5.75. The molecule has 1 atom stereocenters. The number of ether oxygens (including phenoxy) is 2. The smallest absolute Gasteiger partial charge is 0.310 e. The normalized spacial score (nSPS) is 20.9. The fraction of sp³-hybridized carbons (Fsp3) is 0.571. The van der Waals surface area contributed by atoms with Crippen LogP contribution in [0.15, 0.2) is 18.2 Å². The first-order valence-corrected chi connectivity index (χ1v) is 7.08. The molecule has 20 heavy (non-hydrogen) atoms. The fourth-order valence-electron chi connectivity index (χ4n) is 2.29. The predicted octanol–water partition coefficient (Wildman–Crippen LogP) is 3.67. The predicted molar refractivity (Wildman–Crippen MR) is 76.3 cm³/mol. The zero-order valence-electron chi connectivity index (χ0n) is 11.6. The Labute approximate surface area is 123 Å². The number of hydrogen-bond donors (Lipinski definition) is 0. The number of nitro groups is 1. The highest BCUT2D eigenvalue weighted by Gasteiger charge is 2.32. The van der Waals surface area contributed by atoms with Crippen molar-refractivity contribution in [2.24, 2.45) is 0 Å². The van der Waals surface area contributed by atoms with E-state index in [0.29, 0.717) is 12.5 Å². The maximum atomic E-state index is 11.0. The first-order valence-electron chi connectivity index (χ1n) is 6.55. The van der Waals surface area contributed by atoms with E-state index in [4.69, 9.17) is 21.1 Å². The van der Waals surface area contributed by atoms with Crippen LogP contribution in [0, 0.1) is 10.1 Å². The Hall–Kier alpha value is -1.33. The molecule has 0 bridgehead atoms. The zero-order chi connectivity index (χ0) is 14.8. The van der Waals surface area contributed by atoms with Crippen LogP contribution in [0.4, 0.5) is 5.69 Å². The molecule has 1 aromatic carbocycles. The first kappa shape index (κ1) is 15.1. The second kappa shape index (κ2) is 5.97. The SMILES string of the molecule is CC1(C)CCC(COc2cc(CCl)ccc2[N+](=O)[O-])O1. The van der Waals surface area contributed by atoms with Gasteiger partial charge in [-0.25, -0.2) is 0 Å². The van der Waals surface area contributed by atoms with E-state index in [1.165, 1.54) is 6.07 Å². The summed E-state index contributed by atoms with van der Waals surface area (Å²) in [5.74, 6) is 0.544. The molecule has 0 aromatic heterocycles. The number of rotatable bonds is 5. The highest BCUT2D eigenvalue weighted by molar-refractivity contribution is 6.17. The highest BCUT2D eigenvalue weighted by atomic mass is 35.5. The van der Waals surface area contributed by atoms with Crippen molar-refractivity contribution < 1.29 is 14.4 Å². The monoisotopic (exact) mass is 299 g/mol. The van der Waals surface area contributed by atoms with Crippen molar-refractivity contribution in [1.82, 2.24) is 0 Å². The van der Waals surface area contributed by atoms with Crippen molar-refractivity contribution in [2.45, 2.75) is 44.3 Å². The third kappa shape index (κ3) is 3.61. The summed E-state index contributed by atoms with van der Waals surface area (Å²) < 4.78 is 11.4. The zero-order valence-corrected chi connectivity index (χ0v) is 12.4. The Morgan fingerprint density at radius 3 is 2.85 bits per heavy atom. The van der Waals surface area contributed by atoms with E-state index >= 15 is 0 Å². The van der Waals surface area contributed by atoms with E-state index in [9.17, 15) is 10.1 Å². The molecule has 1 aliphatic rings. The Bertz CT molecular complexity index is 504. The van der Waals surface area contributed by atoms with Crippen LogP contribution in [0.1, 0.15) is 32.3 Å². The maximum Gasteiger partial charge on any atom is 0.310 e. The van der Waals surface area contributed by atoms with Crippen molar-refractivity contribution >= 4 is 17.3 Å². The number of nitrogens with zero attached hydrogens (tertiary/aromatic N) is 1. The lowest BCUT2D eigenvalue weighted by Crippen LogP contribution is -2.24. The number of nitro benzene ring substituents is 1. The second-order valence-electron chi connectivity index (χ2n) is 5.54. The molecular weight excluding hydrogens is 282 g/mol. The molecule has 1 aromatic rings. The molecule has 0 spiro atoms. The molecular formula is C14H18ClNO4. The molecule has 1 unspecified atom stereocenters. The Morgan fingerprint density at radius 2 is 2.30 bits per heavy atom. The second-order valence-corrected chi connectivity index (χ2v) is 5.81. The van der Waals surface area contributed by atoms with Gasteiger partial charge in [-0.1, -0.05) is 6.07 Å². The Morgan fingerprint density at radius 1 is 1.55 bits per heavy atom. The summed E-state index contributed by atoms with van der Waals surface area (Å²) in [6.45, 7) is 4.38. The van der Waals surface area contributed by atoms with Crippen molar-refractivity contribution in [3.05, 3.63) is 33.9 Å². The van der Waals surface area contributed by atoms with Gasteiger partial charge in [0.05, 0.1) is 16.6 Å². The van der Waals surface area contributed by atoms with Gasteiger partial charge in [-0.3, -0.25) is 10.1 Å². The van der Waals surface area contributed by atoms with Crippen molar-refractivity contribution in [1.29, 1.82) is 0 Å². The van der Waals surface area contributed by atoms with Crippen LogP contribution in [0.5, 0.6) is 5.75 Å². The van der Waals surface area contributed by atoms with Gasteiger partial charge in [-0.2, -0.15) is 0 Å². The van der Waals surface area contributed by atoms with Gasteiger partial charge in [-0.05, 0) is 38.3 Å². The van der Waals surface area contributed by atoms with E-state index in [1.807, 2.05) is 13.8 Å². The van der Waals surface area contributed by atoms with Crippen LogP contribution in [0.25, 0.3) is 0 Å². The summed E-state index contributed by atoms with van der Waals surface area (Å²) in [5.41, 5.74) is 0.605.